The minimum atomic E-state index is -0.782. The molecule has 0 aromatic rings. The Balaban J connectivity index is 4.37. The molecule has 77 heavy (non-hydrogen) atoms. The maximum absolute atomic E-state index is 12.9. The van der Waals surface area contributed by atoms with Crippen LogP contribution in [0, 0.1) is 0 Å². The summed E-state index contributed by atoms with van der Waals surface area (Å²) < 4.78 is 17.0. The van der Waals surface area contributed by atoms with Gasteiger partial charge in [-0.1, -0.05) is 306 Å². The normalized spacial score (nSPS) is 12.5. The summed E-state index contributed by atoms with van der Waals surface area (Å²) in [6.07, 6.45) is 84.8. The monoisotopic (exact) mass is 1070 g/mol. The fraction of sp³-hybridized carbons (Fsp3) is 0.789. The van der Waals surface area contributed by atoms with Crippen LogP contribution in [0.15, 0.2) is 72.9 Å². The molecule has 6 heteroatoms. The minimum absolute atomic E-state index is 0.0771. The van der Waals surface area contributed by atoms with Crippen LogP contribution in [0.4, 0.5) is 0 Å². The highest BCUT2D eigenvalue weighted by molar-refractivity contribution is 5.71. The maximum Gasteiger partial charge on any atom is 0.306 e. The van der Waals surface area contributed by atoms with Gasteiger partial charge in [-0.15, -0.1) is 0 Å². The number of rotatable bonds is 61. The van der Waals surface area contributed by atoms with Crippen molar-refractivity contribution in [2.75, 3.05) is 13.2 Å². The topological polar surface area (TPSA) is 78.9 Å². The molecule has 0 aromatic carbocycles. The molecule has 0 saturated heterocycles. The summed E-state index contributed by atoms with van der Waals surface area (Å²) in [5.41, 5.74) is 0. The molecule has 1 atom stereocenters. The lowest BCUT2D eigenvalue weighted by Gasteiger charge is -2.18. The first-order chi connectivity index (χ1) is 38.0. The number of esters is 3. The predicted octanol–water partition coefficient (Wildman–Crippen LogP) is 22.9. The summed E-state index contributed by atoms with van der Waals surface area (Å²) in [6, 6.07) is 0. The number of allylic oxidation sites excluding steroid dienone is 12. The lowest BCUT2D eigenvalue weighted by molar-refractivity contribution is -0.167. The Labute approximate surface area is 478 Å². The molecule has 0 bridgehead atoms. The Kier molecular flexibility index (Phi) is 62.7. The summed E-state index contributed by atoms with van der Waals surface area (Å²) in [7, 11) is 0. The molecule has 0 heterocycles. The highest BCUT2D eigenvalue weighted by atomic mass is 16.6. The van der Waals surface area contributed by atoms with Gasteiger partial charge in [-0.2, -0.15) is 0 Å². The predicted molar refractivity (Wildman–Crippen MR) is 335 cm³/mol. The standard InChI is InChI=1S/C71H126O6/c1-4-7-10-13-16-19-22-25-28-31-34-35-36-37-38-41-43-46-49-52-55-58-61-64-70(73)76-67-68(77-71(74)65-62-59-56-53-50-47-44-40-33-30-27-24-21-18-15-12-9-6-3)66-75-69(72)63-60-57-54-51-48-45-42-39-32-29-26-23-20-17-14-11-8-5-2/h7,10,16,19,25,28,30,33-35,37-38,68H,4-6,8-9,11-15,17-18,20-24,26-27,29,31-32,36,39-67H2,1-3H3/b10-7-,19-16-,28-25-,33-30-,35-34-,38-37-. The van der Waals surface area contributed by atoms with E-state index in [1.807, 2.05) is 0 Å². The van der Waals surface area contributed by atoms with E-state index in [1.54, 1.807) is 0 Å². The zero-order valence-corrected chi connectivity index (χ0v) is 51.2. The zero-order chi connectivity index (χ0) is 55.7. The second kappa shape index (κ2) is 65.4. The fourth-order valence-electron chi connectivity index (χ4n) is 9.70. The third kappa shape index (κ3) is 63.6. The van der Waals surface area contributed by atoms with Crippen LogP contribution in [0.2, 0.25) is 0 Å². The molecule has 0 aliphatic heterocycles. The average molecular weight is 1080 g/mol. The third-order valence-corrected chi connectivity index (χ3v) is 14.7. The third-order valence-electron chi connectivity index (χ3n) is 14.7. The number of carbonyl (C=O) groups is 3. The van der Waals surface area contributed by atoms with Gasteiger partial charge in [-0.05, 0) is 89.9 Å². The van der Waals surface area contributed by atoms with Crippen LogP contribution in [0.5, 0.6) is 0 Å². The number of unbranched alkanes of at least 4 members (excludes halogenated alkanes) is 38. The van der Waals surface area contributed by atoms with Crippen LogP contribution in [-0.4, -0.2) is 37.2 Å². The van der Waals surface area contributed by atoms with Crippen molar-refractivity contribution in [1.29, 1.82) is 0 Å². The minimum Gasteiger partial charge on any atom is -0.462 e. The van der Waals surface area contributed by atoms with Crippen LogP contribution in [-0.2, 0) is 28.6 Å². The highest BCUT2D eigenvalue weighted by Crippen LogP contribution is 2.17. The Bertz CT molecular complexity index is 1420. The van der Waals surface area contributed by atoms with Crippen molar-refractivity contribution >= 4 is 17.9 Å². The molecule has 0 fully saturated rings. The number of hydrogen-bond acceptors (Lipinski definition) is 6. The van der Waals surface area contributed by atoms with E-state index in [4.69, 9.17) is 14.2 Å². The van der Waals surface area contributed by atoms with Crippen molar-refractivity contribution in [3.05, 3.63) is 72.9 Å². The van der Waals surface area contributed by atoms with Crippen molar-refractivity contribution < 1.29 is 28.6 Å². The molecule has 0 aromatic heterocycles. The Morgan fingerprint density at radius 1 is 0.273 bits per heavy atom. The van der Waals surface area contributed by atoms with Crippen molar-refractivity contribution in [3.8, 4) is 0 Å². The second-order valence-corrected chi connectivity index (χ2v) is 22.4. The largest absolute Gasteiger partial charge is 0.462 e. The smallest absolute Gasteiger partial charge is 0.306 e. The first-order valence-electron chi connectivity index (χ1n) is 33.4. The van der Waals surface area contributed by atoms with Gasteiger partial charge < -0.3 is 14.2 Å². The van der Waals surface area contributed by atoms with Gasteiger partial charge in [0, 0.05) is 19.3 Å². The molecule has 0 rings (SSSR count). The summed E-state index contributed by atoms with van der Waals surface area (Å²) in [5, 5.41) is 0. The summed E-state index contributed by atoms with van der Waals surface area (Å²) in [5.74, 6) is -0.873. The van der Waals surface area contributed by atoms with E-state index < -0.39 is 6.10 Å². The summed E-state index contributed by atoms with van der Waals surface area (Å²) >= 11 is 0. The lowest BCUT2D eigenvalue weighted by Crippen LogP contribution is -2.30. The molecule has 0 aliphatic rings. The van der Waals surface area contributed by atoms with E-state index in [0.29, 0.717) is 19.3 Å². The van der Waals surface area contributed by atoms with Gasteiger partial charge in [0.25, 0.3) is 0 Å². The molecule has 0 amide bonds. The van der Waals surface area contributed by atoms with Crippen LogP contribution >= 0.6 is 0 Å². The molecule has 0 radical (unpaired) electrons. The van der Waals surface area contributed by atoms with Gasteiger partial charge in [-0.3, -0.25) is 14.4 Å². The van der Waals surface area contributed by atoms with Gasteiger partial charge in [0.05, 0.1) is 0 Å². The van der Waals surface area contributed by atoms with Gasteiger partial charge in [0.2, 0.25) is 0 Å². The van der Waals surface area contributed by atoms with Crippen molar-refractivity contribution in [1.82, 2.24) is 0 Å². The highest BCUT2D eigenvalue weighted by Gasteiger charge is 2.19. The van der Waals surface area contributed by atoms with E-state index >= 15 is 0 Å². The molecule has 0 N–H and O–H groups in total. The van der Waals surface area contributed by atoms with Gasteiger partial charge >= 0.3 is 17.9 Å². The second-order valence-electron chi connectivity index (χ2n) is 22.4. The number of ether oxygens (including phenoxy) is 3. The first-order valence-corrected chi connectivity index (χ1v) is 33.4. The van der Waals surface area contributed by atoms with E-state index in [-0.39, 0.29) is 31.1 Å². The molecule has 0 aliphatic carbocycles. The maximum atomic E-state index is 12.9. The zero-order valence-electron chi connectivity index (χ0n) is 51.2. The van der Waals surface area contributed by atoms with Crippen LogP contribution in [0.1, 0.15) is 342 Å². The van der Waals surface area contributed by atoms with Gasteiger partial charge in [0.15, 0.2) is 6.10 Å². The number of carbonyl (C=O) groups excluding carboxylic acids is 3. The molecule has 1 unspecified atom stereocenters. The lowest BCUT2D eigenvalue weighted by atomic mass is 10.0. The SMILES string of the molecule is CC/C=C\C/C=C\C/C=C\C/C=C\C/C=C\CCCCCCCCCC(=O)OCC(COC(=O)CCCCCCCCCCCCCCCCCCCC)OC(=O)CCCCCCCCC/C=C\CCCCCCCCC. The van der Waals surface area contributed by atoms with E-state index in [1.165, 1.54) is 205 Å². The summed E-state index contributed by atoms with van der Waals surface area (Å²) in [6.45, 7) is 6.57. The Morgan fingerprint density at radius 2 is 0.506 bits per heavy atom. The molecule has 446 valence electrons. The summed E-state index contributed by atoms with van der Waals surface area (Å²) in [4.78, 5) is 38.4. The molecule has 6 nitrogen and oxygen atoms in total. The Morgan fingerprint density at radius 3 is 0.805 bits per heavy atom. The number of hydrogen-bond donors (Lipinski definition) is 0. The molecular weight excluding hydrogens is 949 g/mol. The molecule has 0 spiro atoms. The average Bonchev–Trinajstić information content (AvgIpc) is 3.43. The van der Waals surface area contributed by atoms with E-state index in [9.17, 15) is 14.4 Å². The van der Waals surface area contributed by atoms with Crippen LogP contribution in [0.3, 0.4) is 0 Å². The van der Waals surface area contributed by atoms with Crippen molar-refractivity contribution in [2.45, 2.75) is 348 Å². The van der Waals surface area contributed by atoms with Crippen LogP contribution in [0.25, 0.3) is 0 Å². The Hall–Kier alpha value is -3.15. The molecule has 0 saturated carbocycles. The fourth-order valence-corrected chi connectivity index (χ4v) is 9.70. The van der Waals surface area contributed by atoms with E-state index in [2.05, 4.69) is 93.7 Å². The van der Waals surface area contributed by atoms with Gasteiger partial charge in [-0.25, -0.2) is 0 Å². The molecular formula is C71H126O6. The first kappa shape index (κ1) is 73.8. The van der Waals surface area contributed by atoms with Crippen molar-refractivity contribution in [2.24, 2.45) is 0 Å². The van der Waals surface area contributed by atoms with E-state index in [0.717, 1.165) is 96.3 Å². The quantitative estimate of drug-likeness (QED) is 0.0261. The van der Waals surface area contributed by atoms with Gasteiger partial charge in [0.1, 0.15) is 13.2 Å². The van der Waals surface area contributed by atoms with Crippen LogP contribution < -0.4 is 0 Å². The van der Waals surface area contributed by atoms with Crippen molar-refractivity contribution in [3.63, 3.8) is 0 Å².